The lowest BCUT2D eigenvalue weighted by Gasteiger charge is -2.12. The van der Waals surface area contributed by atoms with Gasteiger partial charge in [-0.2, -0.15) is 5.10 Å². The van der Waals surface area contributed by atoms with Crippen molar-refractivity contribution in [3.8, 4) is 0 Å². The number of nitrogens with zero attached hydrogens (tertiary/aromatic N) is 2. The standard InChI is InChI=1S/C12H19N3O4/c1-8(6-18-4)14-11(16)7-19-12(17)10-5-13-15(3)9(10)2/h5,8H,6-7H2,1-4H3,(H,14,16). The Hall–Kier alpha value is -1.89. The van der Waals surface area contributed by atoms with Gasteiger partial charge < -0.3 is 14.8 Å². The molecule has 0 spiro atoms. The van der Waals surface area contributed by atoms with E-state index in [4.69, 9.17) is 9.47 Å². The first kappa shape index (κ1) is 15.2. The molecule has 0 saturated heterocycles. The molecule has 1 atom stereocenters. The Morgan fingerprint density at radius 2 is 2.21 bits per heavy atom. The van der Waals surface area contributed by atoms with Gasteiger partial charge in [0.05, 0.1) is 12.8 Å². The molecular formula is C12H19N3O4. The van der Waals surface area contributed by atoms with Crippen LogP contribution in [0.15, 0.2) is 6.20 Å². The van der Waals surface area contributed by atoms with E-state index < -0.39 is 5.97 Å². The van der Waals surface area contributed by atoms with Crippen LogP contribution in [0.25, 0.3) is 0 Å². The quantitative estimate of drug-likeness (QED) is 0.737. The topological polar surface area (TPSA) is 82.4 Å². The van der Waals surface area contributed by atoms with Gasteiger partial charge in [0.15, 0.2) is 6.61 Å². The van der Waals surface area contributed by atoms with Crippen LogP contribution >= 0.6 is 0 Å². The summed E-state index contributed by atoms with van der Waals surface area (Å²) in [4.78, 5) is 23.2. The molecule has 0 aliphatic carbocycles. The fraction of sp³-hybridized carbons (Fsp3) is 0.583. The fourth-order valence-electron chi connectivity index (χ4n) is 1.52. The number of methoxy groups -OCH3 is 1. The molecule has 19 heavy (non-hydrogen) atoms. The highest BCUT2D eigenvalue weighted by Crippen LogP contribution is 2.07. The highest BCUT2D eigenvalue weighted by Gasteiger charge is 2.16. The molecule has 1 aromatic rings. The van der Waals surface area contributed by atoms with Crippen molar-refractivity contribution >= 4 is 11.9 Å². The molecule has 1 heterocycles. The van der Waals surface area contributed by atoms with Crippen LogP contribution < -0.4 is 5.32 Å². The molecule has 0 radical (unpaired) electrons. The summed E-state index contributed by atoms with van der Waals surface area (Å²) in [5, 5.41) is 6.58. The van der Waals surface area contributed by atoms with E-state index in [9.17, 15) is 9.59 Å². The zero-order valence-corrected chi connectivity index (χ0v) is 11.6. The van der Waals surface area contributed by atoms with Crippen LogP contribution in [0.4, 0.5) is 0 Å². The highest BCUT2D eigenvalue weighted by atomic mass is 16.5. The van der Waals surface area contributed by atoms with E-state index in [1.165, 1.54) is 6.20 Å². The molecule has 106 valence electrons. The maximum Gasteiger partial charge on any atom is 0.342 e. The van der Waals surface area contributed by atoms with Crippen molar-refractivity contribution in [1.29, 1.82) is 0 Å². The Morgan fingerprint density at radius 3 is 2.74 bits per heavy atom. The van der Waals surface area contributed by atoms with Gasteiger partial charge in [-0.15, -0.1) is 0 Å². The lowest BCUT2D eigenvalue weighted by atomic mass is 10.3. The molecule has 0 aromatic carbocycles. The zero-order valence-electron chi connectivity index (χ0n) is 11.6. The molecule has 1 amide bonds. The van der Waals surface area contributed by atoms with E-state index in [0.29, 0.717) is 17.9 Å². The Balaban J connectivity index is 2.42. The lowest BCUT2D eigenvalue weighted by Crippen LogP contribution is -2.38. The predicted octanol–water partition coefficient (Wildman–Crippen LogP) is 0.0364. The van der Waals surface area contributed by atoms with Crippen molar-refractivity contribution < 1.29 is 19.1 Å². The third-order valence-corrected chi connectivity index (χ3v) is 2.61. The van der Waals surface area contributed by atoms with Gasteiger partial charge in [0.1, 0.15) is 5.56 Å². The third-order valence-electron chi connectivity index (χ3n) is 2.61. The number of aromatic nitrogens is 2. The summed E-state index contributed by atoms with van der Waals surface area (Å²) in [5.74, 6) is -0.917. The van der Waals surface area contributed by atoms with Crippen molar-refractivity contribution in [1.82, 2.24) is 15.1 Å². The summed E-state index contributed by atoms with van der Waals surface area (Å²) in [5.41, 5.74) is 1.05. The van der Waals surface area contributed by atoms with Crippen LogP contribution in [-0.2, 0) is 21.3 Å². The van der Waals surface area contributed by atoms with Crippen molar-refractivity contribution in [3.05, 3.63) is 17.5 Å². The van der Waals surface area contributed by atoms with Crippen molar-refractivity contribution in [2.45, 2.75) is 19.9 Å². The van der Waals surface area contributed by atoms with Gasteiger partial charge >= 0.3 is 5.97 Å². The van der Waals surface area contributed by atoms with Crippen molar-refractivity contribution in [2.24, 2.45) is 7.05 Å². The van der Waals surface area contributed by atoms with Crippen LogP contribution in [0.5, 0.6) is 0 Å². The number of hydrogen-bond donors (Lipinski definition) is 1. The molecule has 1 N–H and O–H groups in total. The third kappa shape index (κ3) is 4.36. The monoisotopic (exact) mass is 269 g/mol. The molecule has 0 aliphatic heterocycles. The summed E-state index contributed by atoms with van der Waals surface area (Å²) in [6.45, 7) is 3.64. The Bertz CT molecular complexity index is 456. The van der Waals surface area contributed by atoms with Crippen LogP contribution in [0.3, 0.4) is 0 Å². The number of carbonyl (C=O) groups is 2. The summed E-state index contributed by atoms with van der Waals surface area (Å²) in [6.07, 6.45) is 1.42. The Morgan fingerprint density at radius 1 is 1.53 bits per heavy atom. The van der Waals surface area contributed by atoms with Gasteiger partial charge in [0.2, 0.25) is 0 Å². The average Bonchev–Trinajstić information content (AvgIpc) is 2.67. The maximum absolute atomic E-state index is 11.7. The van der Waals surface area contributed by atoms with E-state index in [2.05, 4.69) is 10.4 Å². The maximum atomic E-state index is 11.7. The number of rotatable bonds is 6. The van der Waals surface area contributed by atoms with E-state index in [0.717, 1.165) is 0 Å². The van der Waals surface area contributed by atoms with Crippen molar-refractivity contribution in [2.75, 3.05) is 20.3 Å². The number of carbonyl (C=O) groups excluding carboxylic acids is 2. The number of aryl methyl sites for hydroxylation is 1. The van der Waals surface area contributed by atoms with E-state index in [1.807, 2.05) is 0 Å². The van der Waals surface area contributed by atoms with Crippen LogP contribution in [0, 0.1) is 6.92 Å². The van der Waals surface area contributed by atoms with Crippen LogP contribution in [0.1, 0.15) is 23.0 Å². The number of amides is 1. The molecule has 1 rings (SSSR count). The lowest BCUT2D eigenvalue weighted by molar-refractivity contribution is -0.125. The molecule has 1 unspecified atom stereocenters. The minimum Gasteiger partial charge on any atom is -0.452 e. The Labute approximate surface area is 111 Å². The fourth-order valence-corrected chi connectivity index (χ4v) is 1.52. The Kier molecular flexibility index (Phi) is 5.50. The summed E-state index contributed by atoms with van der Waals surface area (Å²) < 4.78 is 11.4. The molecule has 0 saturated carbocycles. The van der Waals surface area contributed by atoms with Gasteiger partial charge in [-0.3, -0.25) is 9.48 Å². The molecule has 0 fully saturated rings. The molecule has 0 bridgehead atoms. The number of esters is 1. The van der Waals surface area contributed by atoms with Gasteiger partial charge in [-0.1, -0.05) is 0 Å². The van der Waals surface area contributed by atoms with Crippen LogP contribution in [-0.4, -0.2) is 48.0 Å². The number of ether oxygens (including phenoxy) is 2. The average molecular weight is 269 g/mol. The summed E-state index contributed by atoms with van der Waals surface area (Å²) in [7, 11) is 3.28. The van der Waals surface area contributed by atoms with E-state index >= 15 is 0 Å². The normalized spacial score (nSPS) is 12.0. The van der Waals surface area contributed by atoms with E-state index in [1.54, 1.807) is 32.7 Å². The largest absolute Gasteiger partial charge is 0.452 e. The molecule has 7 heteroatoms. The predicted molar refractivity (Wildman–Crippen MR) is 67.7 cm³/mol. The number of hydrogen-bond acceptors (Lipinski definition) is 5. The first-order valence-corrected chi connectivity index (χ1v) is 5.89. The summed E-state index contributed by atoms with van der Waals surface area (Å²) >= 11 is 0. The molecule has 0 aliphatic rings. The first-order chi connectivity index (χ1) is 8.95. The minimum absolute atomic E-state index is 0.128. The molecule has 7 nitrogen and oxygen atoms in total. The second-order valence-electron chi connectivity index (χ2n) is 4.27. The molecule has 1 aromatic heterocycles. The SMILES string of the molecule is COCC(C)NC(=O)COC(=O)c1cnn(C)c1C. The summed E-state index contributed by atoms with van der Waals surface area (Å²) in [6, 6.07) is -0.128. The van der Waals surface area contributed by atoms with Crippen LogP contribution in [0.2, 0.25) is 0 Å². The molecular weight excluding hydrogens is 250 g/mol. The van der Waals surface area contributed by atoms with Gasteiger partial charge in [-0.05, 0) is 13.8 Å². The van der Waals surface area contributed by atoms with Gasteiger partial charge in [0.25, 0.3) is 5.91 Å². The van der Waals surface area contributed by atoms with E-state index in [-0.39, 0.29) is 18.6 Å². The zero-order chi connectivity index (χ0) is 14.4. The number of nitrogens with one attached hydrogen (secondary N) is 1. The second kappa shape index (κ2) is 6.89. The first-order valence-electron chi connectivity index (χ1n) is 5.89. The van der Waals surface area contributed by atoms with Crippen molar-refractivity contribution in [3.63, 3.8) is 0 Å². The van der Waals surface area contributed by atoms with Gasteiger partial charge in [-0.25, -0.2) is 4.79 Å². The van der Waals surface area contributed by atoms with Gasteiger partial charge in [0, 0.05) is 25.9 Å². The smallest absolute Gasteiger partial charge is 0.342 e. The minimum atomic E-state index is -0.555. The highest BCUT2D eigenvalue weighted by molar-refractivity contribution is 5.92. The second-order valence-corrected chi connectivity index (χ2v) is 4.27.